The number of rotatable bonds is 5. The maximum absolute atomic E-state index is 12.3. The fraction of sp³-hybridized carbons (Fsp3) is 0.867. The fourth-order valence-corrected chi connectivity index (χ4v) is 1.98. The van der Waals surface area contributed by atoms with Gasteiger partial charge in [0.1, 0.15) is 6.04 Å². The first kappa shape index (κ1) is 22.5. The molecule has 1 rings (SSSR count). The van der Waals surface area contributed by atoms with Crippen LogP contribution in [0, 0.1) is 20.9 Å². The SMILES string of the molecule is CC(C)(C)C(=O)O[C@H]1[C@H](N=[N+]=[N-])C(O[N+](=O)[O-])OC[C@H]1OC(=O)C(C)(C)C. The van der Waals surface area contributed by atoms with Gasteiger partial charge in [0.25, 0.3) is 5.09 Å². The van der Waals surface area contributed by atoms with Crippen molar-refractivity contribution in [3.05, 3.63) is 20.6 Å². The number of esters is 2. The second-order valence-electron chi connectivity index (χ2n) is 8.04. The van der Waals surface area contributed by atoms with Crippen molar-refractivity contribution in [1.82, 2.24) is 0 Å². The normalized spacial score (nSPS) is 25.7. The van der Waals surface area contributed by atoms with Crippen LogP contribution in [0.1, 0.15) is 41.5 Å². The first-order valence-electron chi connectivity index (χ1n) is 8.16. The van der Waals surface area contributed by atoms with Crippen LogP contribution in [0.2, 0.25) is 0 Å². The number of carbonyl (C=O) groups excluding carboxylic acids is 2. The summed E-state index contributed by atoms with van der Waals surface area (Å²) in [5.74, 6) is -1.29. The van der Waals surface area contributed by atoms with Crippen molar-refractivity contribution >= 4 is 11.9 Å². The monoisotopic (exact) mass is 388 g/mol. The Morgan fingerprint density at radius 1 is 1.15 bits per heavy atom. The summed E-state index contributed by atoms with van der Waals surface area (Å²) >= 11 is 0. The van der Waals surface area contributed by atoms with Crippen molar-refractivity contribution in [2.24, 2.45) is 15.9 Å². The van der Waals surface area contributed by atoms with E-state index in [0.29, 0.717) is 0 Å². The Kier molecular flexibility index (Phi) is 6.99. The topological polar surface area (TPSA) is 163 Å². The van der Waals surface area contributed by atoms with E-state index in [1.54, 1.807) is 41.5 Å². The van der Waals surface area contributed by atoms with Gasteiger partial charge in [0.2, 0.25) is 6.29 Å². The Labute approximate surface area is 155 Å². The second kappa shape index (κ2) is 8.40. The summed E-state index contributed by atoms with van der Waals surface area (Å²) in [6, 6.07) is -1.43. The highest BCUT2D eigenvalue weighted by molar-refractivity contribution is 5.76. The van der Waals surface area contributed by atoms with Gasteiger partial charge in [-0.3, -0.25) is 14.4 Å². The minimum absolute atomic E-state index is 0.347. The zero-order valence-electron chi connectivity index (χ0n) is 16.1. The Hall–Kier alpha value is -2.59. The third kappa shape index (κ3) is 6.26. The van der Waals surface area contributed by atoms with Gasteiger partial charge >= 0.3 is 11.9 Å². The van der Waals surface area contributed by atoms with Crippen molar-refractivity contribution in [2.75, 3.05) is 6.61 Å². The molecule has 1 unspecified atom stereocenters. The molecule has 0 aromatic rings. The van der Waals surface area contributed by atoms with Crippen molar-refractivity contribution in [1.29, 1.82) is 0 Å². The Bertz CT molecular complexity index is 633. The molecule has 1 saturated heterocycles. The smallest absolute Gasteiger partial charge is 0.311 e. The van der Waals surface area contributed by atoms with Crippen molar-refractivity contribution in [3.63, 3.8) is 0 Å². The fourth-order valence-electron chi connectivity index (χ4n) is 1.98. The van der Waals surface area contributed by atoms with Gasteiger partial charge in [0, 0.05) is 4.91 Å². The van der Waals surface area contributed by atoms with Crippen LogP contribution >= 0.6 is 0 Å². The summed E-state index contributed by atoms with van der Waals surface area (Å²) in [5, 5.41) is 13.0. The summed E-state index contributed by atoms with van der Waals surface area (Å²) in [6.45, 7) is 9.31. The molecule has 27 heavy (non-hydrogen) atoms. The molecule has 0 bridgehead atoms. The number of nitrogens with zero attached hydrogens (tertiary/aromatic N) is 4. The van der Waals surface area contributed by atoms with E-state index in [9.17, 15) is 19.7 Å². The lowest BCUT2D eigenvalue weighted by Gasteiger charge is -2.39. The summed E-state index contributed by atoms with van der Waals surface area (Å²) in [5.41, 5.74) is 7.03. The molecule has 0 aliphatic carbocycles. The number of azide groups is 1. The lowest BCUT2D eigenvalue weighted by atomic mass is 9.95. The Balaban J connectivity index is 3.20. The Morgan fingerprint density at radius 2 is 1.67 bits per heavy atom. The molecule has 4 atom stereocenters. The molecule has 0 N–H and O–H groups in total. The van der Waals surface area contributed by atoms with E-state index in [0.717, 1.165) is 0 Å². The number of hydrogen-bond acceptors (Lipinski definition) is 9. The summed E-state index contributed by atoms with van der Waals surface area (Å²) in [6.07, 6.45) is -4.07. The van der Waals surface area contributed by atoms with Crippen molar-refractivity contribution in [2.45, 2.75) is 66.1 Å². The lowest BCUT2D eigenvalue weighted by molar-refractivity contribution is -0.782. The van der Waals surface area contributed by atoms with Gasteiger partial charge in [0.05, 0.1) is 17.4 Å². The van der Waals surface area contributed by atoms with Crippen LogP contribution in [-0.4, -0.2) is 48.2 Å². The second-order valence-corrected chi connectivity index (χ2v) is 8.04. The van der Waals surface area contributed by atoms with Gasteiger partial charge in [-0.15, -0.1) is 10.1 Å². The van der Waals surface area contributed by atoms with E-state index in [1.165, 1.54) is 0 Å². The molecule has 0 aromatic heterocycles. The van der Waals surface area contributed by atoms with Crippen molar-refractivity contribution < 1.29 is 33.7 Å². The van der Waals surface area contributed by atoms with E-state index in [2.05, 4.69) is 14.9 Å². The van der Waals surface area contributed by atoms with E-state index >= 15 is 0 Å². The van der Waals surface area contributed by atoms with E-state index in [4.69, 9.17) is 19.7 Å². The molecule has 1 aliphatic heterocycles. The quantitative estimate of drug-likeness (QED) is 0.173. The largest absolute Gasteiger partial charge is 0.457 e. The molecule has 0 radical (unpaired) electrons. The van der Waals surface area contributed by atoms with Gasteiger partial charge in [-0.25, -0.2) is 0 Å². The number of ether oxygens (including phenoxy) is 3. The van der Waals surface area contributed by atoms with Crippen molar-refractivity contribution in [3.8, 4) is 0 Å². The summed E-state index contributed by atoms with van der Waals surface area (Å²) in [7, 11) is 0. The highest BCUT2D eigenvalue weighted by Crippen LogP contribution is 2.29. The third-order valence-electron chi connectivity index (χ3n) is 3.51. The average Bonchev–Trinajstić information content (AvgIpc) is 2.50. The molecule has 0 spiro atoms. The van der Waals surface area contributed by atoms with Crippen LogP contribution in [0.5, 0.6) is 0 Å². The summed E-state index contributed by atoms with van der Waals surface area (Å²) < 4.78 is 15.9. The molecule has 0 amide bonds. The molecule has 152 valence electrons. The molecule has 1 heterocycles. The molecule has 1 fully saturated rings. The first-order chi connectivity index (χ1) is 12.3. The van der Waals surface area contributed by atoms with E-state index < -0.39 is 52.4 Å². The highest BCUT2D eigenvalue weighted by atomic mass is 17.0. The summed E-state index contributed by atoms with van der Waals surface area (Å²) in [4.78, 5) is 42.2. The number of carbonyl (C=O) groups is 2. The maximum Gasteiger partial charge on any atom is 0.311 e. The van der Waals surface area contributed by atoms with E-state index in [1.807, 2.05) is 0 Å². The van der Waals surface area contributed by atoms with Crippen LogP contribution in [0.15, 0.2) is 5.11 Å². The van der Waals surface area contributed by atoms with Gasteiger partial charge in [-0.2, -0.15) is 0 Å². The van der Waals surface area contributed by atoms with Crippen LogP contribution in [-0.2, 0) is 28.6 Å². The highest BCUT2D eigenvalue weighted by Gasteiger charge is 2.48. The lowest BCUT2D eigenvalue weighted by Crippen LogP contribution is -2.57. The zero-order valence-corrected chi connectivity index (χ0v) is 16.1. The molecular weight excluding hydrogens is 364 g/mol. The van der Waals surface area contributed by atoms with Gasteiger partial charge in [0.15, 0.2) is 12.2 Å². The van der Waals surface area contributed by atoms with E-state index in [-0.39, 0.29) is 6.61 Å². The van der Waals surface area contributed by atoms with Crippen LogP contribution in [0.4, 0.5) is 0 Å². The van der Waals surface area contributed by atoms with Gasteiger partial charge in [-0.05, 0) is 47.1 Å². The molecule has 1 aliphatic rings. The Morgan fingerprint density at radius 3 is 2.11 bits per heavy atom. The van der Waals surface area contributed by atoms with Crippen LogP contribution in [0.3, 0.4) is 0 Å². The minimum atomic E-state index is -1.61. The standard InChI is InChI=1S/C15H24N4O8/c1-14(2,3)12(20)25-8-7-24-11(27-19(22)23)9(17-18-16)10(8)26-13(21)15(4,5)6/h8-11H,7H2,1-6H3/t8-,9+,10-,11?/m1/s1. The maximum atomic E-state index is 12.3. The van der Waals surface area contributed by atoms with Crippen LogP contribution in [0.25, 0.3) is 10.4 Å². The first-order valence-corrected chi connectivity index (χ1v) is 8.16. The van der Waals surface area contributed by atoms with Gasteiger partial charge in [-0.1, -0.05) is 5.11 Å². The predicted molar refractivity (Wildman–Crippen MR) is 89.4 cm³/mol. The molecule has 12 heteroatoms. The molecule has 12 nitrogen and oxygen atoms in total. The van der Waals surface area contributed by atoms with Crippen LogP contribution < -0.4 is 0 Å². The number of hydrogen-bond donors (Lipinski definition) is 0. The molecular formula is C15H24N4O8. The van der Waals surface area contributed by atoms with Gasteiger partial charge < -0.3 is 14.2 Å². The predicted octanol–water partition coefficient (Wildman–Crippen LogP) is 2.15. The zero-order chi connectivity index (χ0) is 21.0. The molecule has 0 saturated carbocycles. The molecule has 0 aromatic carbocycles. The minimum Gasteiger partial charge on any atom is -0.457 e. The third-order valence-corrected chi connectivity index (χ3v) is 3.51. The average molecular weight is 388 g/mol.